The molecule has 0 heterocycles. The zero-order chi connectivity index (χ0) is 18.7. The molecule has 1 amide bonds. The van der Waals surface area contributed by atoms with E-state index >= 15 is 0 Å². The van der Waals surface area contributed by atoms with Crippen LogP contribution >= 0.6 is 0 Å². The Labute approximate surface area is 136 Å². The zero-order valence-electron chi connectivity index (χ0n) is 13.3. The summed E-state index contributed by atoms with van der Waals surface area (Å²) in [6, 6.07) is 2.95. The molecule has 1 unspecified atom stereocenters. The SMILES string of the molecule is CC(C)(C)OC(=O)Nc1ccc(C(CC(=O)O)C(F)(F)F)c(O)c1. The Balaban J connectivity index is 3.01. The normalized spacial score (nSPS) is 13.2. The maximum Gasteiger partial charge on any atom is 0.412 e. The average Bonchev–Trinajstić information content (AvgIpc) is 2.32. The fourth-order valence-electron chi connectivity index (χ4n) is 1.91. The van der Waals surface area contributed by atoms with E-state index < -0.39 is 47.5 Å². The van der Waals surface area contributed by atoms with Gasteiger partial charge in [-0.2, -0.15) is 13.2 Å². The van der Waals surface area contributed by atoms with Crippen molar-refractivity contribution in [2.75, 3.05) is 5.32 Å². The van der Waals surface area contributed by atoms with Crippen LogP contribution in [-0.4, -0.2) is 34.1 Å². The molecule has 1 rings (SSSR count). The van der Waals surface area contributed by atoms with E-state index in [9.17, 15) is 27.9 Å². The number of phenolic OH excluding ortho intramolecular Hbond substituents is 1. The molecule has 1 aromatic carbocycles. The van der Waals surface area contributed by atoms with Crippen LogP contribution in [0.5, 0.6) is 5.75 Å². The van der Waals surface area contributed by atoms with Gasteiger partial charge in [0.05, 0.1) is 12.3 Å². The summed E-state index contributed by atoms with van der Waals surface area (Å²) in [5, 5.41) is 20.7. The smallest absolute Gasteiger partial charge is 0.412 e. The Morgan fingerprint density at radius 3 is 2.25 bits per heavy atom. The summed E-state index contributed by atoms with van der Waals surface area (Å²) in [5.41, 5.74) is -1.34. The number of hydrogen-bond donors (Lipinski definition) is 3. The fourth-order valence-corrected chi connectivity index (χ4v) is 1.91. The molecule has 24 heavy (non-hydrogen) atoms. The minimum Gasteiger partial charge on any atom is -0.508 e. The second kappa shape index (κ2) is 6.98. The van der Waals surface area contributed by atoms with Crippen LogP contribution in [0.25, 0.3) is 0 Å². The lowest BCUT2D eigenvalue weighted by atomic mass is 9.94. The van der Waals surface area contributed by atoms with Crippen LogP contribution in [0.1, 0.15) is 38.7 Å². The Kier molecular flexibility index (Phi) is 5.70. The Bertz CT molecular complexity index is 623. The van der Waals surface area contributed by atoms with Crippen molar-refractivity contribution in [1.82, 2.24) is 0 Å². The minimum atomic E-state index is -4.84. The second-order valence-electron chi connectivity index (χ2n) is 6.09. The minimum absolute atomic E-state index is 0.0155. The molecule has 3 N–H and O–H groups in total. The summed E-state index contributed by atoms with van der Waals surface area (Å²) >= 11 is 0. The zero-order valence-corrected chi connectivity index (χ0v) is 13.3. The van der Waals surface area contributed by atoms with Gasteiger partial charge in [-0.25, -0.2) is 4.79 Å². The van der Waals surface area contributed by atoms with Crippen molar-refractivity contribution in [2.45, 2.75) is 44.9 Å². The Morgan fingerprint density at radius 2 is 1.83 bits per heavy atom. The van der Waals surface area contributed by atoms with E-state index in [4.69, 9.17) is 9.84 Å². The highest BCUT2D eigenvalue weighted by Crippen LogP contribution is 2.41. The molecule has 134 valence electrons. The topological polar surface area (TPSA) is 95.9 Å². The molecule has 1 aromatic rings. The summed E-state index contributed by atoms with van der Waals surface area (Å²) in [4.78, 5) is 22.2. The highest BCUT2D eigenvalue weighted by atomic mass is 19.4. The summed E-state index contributed by atoms with van der Waals surface area (Å²) < 4.78 is 43.9. The molecule has 9 heteroatoms. The lowest BCUT2D eigenvalue weighted by molar-refractivity contribution is -0.163. The number of rotatable bonds is 4. The third kappa shape index (κ3) is 5.98. The van der Waals surface area contributed by atoms with Gasteiger partial charge in [-0.15, -0.1) is 0 Å². The van der Waals surface area contributed by atoms with Crippen LogP contribution in [0.4, 0.5) is 23.7 Å². The third-order valence-corrected chi connectivity index (χ3v) is 2.82. The van der Waals surface area contributed by atoms with Crippen LogP contribution < -0.4 is 5.32 Å². The van der Waals surface area contributed by atoms with Crippen molar-refractivity contribution in [3.05, 3.63) is 23.8 Å². The maximum absolute atomic E-state index is 13.0. The number of anilines is 1. The monoisotopic (exact) mass is 349 g/mol. The molecule has 0 saturated heterocycles. The Hall–Kier alpha value is -2.45. The first-order chi connectivity index (χ1) is 10.8. The molecule has 0 spiro atoms. The van der Waals surface area contributed by atoms with Crippen molar-refractivity contribution in [2.24, 2.45) is 0 Å². The van der Waals surface area contributed by atoms with Gasteiger partial charge in [-0.3, -0.25) is 10.1 Å². The van der Waals surface area contributed by atoms with E-state index in [1.165, 1.54) is 0 Å². The molecule has 0 saturated carbocycles. The summed E-state index contributed by atoms with van der Waals surface area (Å²) in [6.45, 7) is 4.90. The molecule has 0 aliphatic rings. The van der Waals surface area contributed by atoms with E-state index in [0.717, 1.165) is 18.2 Å². The molecule has 6 nitrogen and oxygen atoms in total. The van der Waals surface area contributed by atoms with Crippen LogP contribution in [0.15, 0.2) is 18.2 Å². The number of ether oxygens (including phenoxy) is 1. The van der Waals surface area contributed by atoms with Crippen LogP contribution in [-0.2, 0) is 9.53 Å². The number of carbonyl (C=O) groups excluding carboxylic acids is 1. The second-order valence-corrected chi connectivity index (χ2v) is 6.09. The van der Waals surface area contributed by atoms with Gasteiger partial charge in [-0.05, 0) is 26.8 Å². The van der Waals surface area contributed by atoms with Crippen molar-refractivity contribution in [3.8, 4) is 5.75 Å². The summed E-state index contributed by atoms with van der Waals surface area (Å²) in [5.74, 6) is -4.77. The molecule has 0 bridgehead atoms. The third-order valence-electron chi connectivity index (χ3n) is 2.82. The van der Waals surface area contributed by atoms with Gasteiger partial charge < -0.3 is 14.9 Å². The summed E-state index contributed by atoms with van der Waals surface area (Å²) in [7, 11) is 0. The van der Waals surface area contributed by atoms with E-state index in [1.807, 2.05) is 0 Å². The molecule has 0 aliphatic heterocycles. The van der Waals surface area contributed by atoms with E-state index in [2.05, 4.69) is 5.32 Å². The predicted octanol–water partition coefficient (Wildman–Crippen LogP) is 3.86. The van der Waals surface area contributed by atoms with Crippen LogP contribution in [0, 0.1) is 0 Å². The number of benzene rings is 1. The number of carboxylic acids is 1. The molecule has 0 aliphatic carbocycles. The molecular weight excluding hydrogens is 331 g/mol. The predicted molar refractivity (Wildman–Crippen MR) is 79.0 cm³/mol. The number of carboxylic acid groups (broad SMARTS) is 1. The van der Waals surface area contributed by atoms with Gasteiger partial charge in [-0.1, -0.05) is 6.07 Å². The van der Waals surface area contributed by atoms with Crippen molar-refractivity contribution in [1.29, 1.82) is 0 Å². The van der Waals surface area contributed by atoms with E-state index in [0.29, 0.717) is 0 Å². The largest absolute Gasteiger partial charge is 0.508 e. The van der Waals surface area contributed by atoms with Gasteiger partial charge in [0, 0.05) is 17.3 Å². The number of aromatic hydroxyl groups is 1. The van der Waals surface area contributed by atoms with E-state index in [1.54, 1.807) is 20.8 Å². The first-order valence-corrected chi connectivity index (χ1v) is 6.91. The number of nitrogens with one attached hydrogen (secondary N) is 1. The lowest BCUT2D eigenvalue weighted by Crippen LogP contribution is -2.27. The number of carbonyl (C=O) groups is 2. The van der Waals surface area contributed by atoms with E-state index in [-0.39, 0.29) is 5.69 Å². The molecule has 0 fully saturated rings. The number of phenols is 1. The lowest BCUT2D eigenvalue weighted by Gasteiger charge is -2.21. The van der Waals surface area contributed by atoms with Gasteiger partial charge in [0.2, 0.25) is 0 Å². The molecule has 0 radical (unpaired) electrons. The Morgan fingerprint density at radius 1 is 1.25 bits per heavy atom. The number of hydrogen-bond acceptors (Lipinski definition) is 4. The number of halogens is 3. The first-order valence-electron chi connectivity index (χ1n) is 6.91. The van der Waals surface area contributed by atoms with Gasteiger partial charge in [0.1, 0.15) is 11.4 Å². The first kappa shape index (κ1) is 19.6. The number of amides is 1. The van der Waals surface area contributed by atoms with Crippen molar-refractivity contribution in [3.63, 3.8) is 0 Å². The molecule has 0 aromatic heterocycles. The average molecular weight is 349 g/mol. The fraction of sp³-hybridized carbons (Fsp3) is 0.467. The van der Waals surface area contributed by atoms with Crippen LogP contribution in [0.2, 0.25) is 0 Å². The molecule has 1 atom stereocenters. The van der Waals surface area contributed by atoms with Crippen molar-refractivity contribution >= 4 is 17.7 Å². The number of aliphatic carboxylic acids is 1. The maximum atomic E-state index is 13.0. The van der Waals surface area contributed by atoms with Gasteiger partial charge >= 0.3 is 18.2 Å². The highest BCUT2D eigenvalue weighted by molar-refractivity contribution is 5.85. The highest BCUT2D eigenvalue weighted by Gasteiger charge is 2.43. The van der Waals surface area contributed by atoms with Crippen molar-refractivity contribution < 1.29 is 37.7 Å². The van der Waals surface area contributed by atoms with Gasteiger partial charge in [0.25, 0.3) is 0 Å². The summed E-state index contributed by atoms with van der Waals surface area (Å²) in [6.07, 6.45) is -6.89. The quantitative estimate of drug-likeness (QED) is 0.767. The van der Waals surface area contributed by atoms with Crippen LogP contribution in [0.3, 0.4) is 0 Å². The van der Waals surface area contributed by atoms with Gasteiger partial charge in [0.15, 0.2) is 0 Å². The number of alkyl halides is 3. The molecular formula is C15H18F3NO5. The standard InChI is InChI=1S/C15H18F3NO5/c1-14(2,3)24-13(23)19-8-4-5-9(11(20)6-8)10(7-12(21)22)15(16,17)18/h4-6,10,20H,7H2,1-3H3,(H,19,23)(H,21,22).